The molecule has 0 aliphatic carbocycles. The highest BCUT2D eigenvalue weighted by atomic mass is 31.2. The van der Waals surface area contributed by atoms with Crippen molar-refractivity contribution in [3.63, 3.8) is 0 Å². The van der Waals surface area contributed by atoms with Crippen molar-refractivity contribution in [1.82, 2.24) is 19.9 Å². The molecule has 3 rings (SSSR count). The number of benzene rings is 1. The molecule has 1 saturated heterocycles. The predicted octanol–water partition coefficient (Wildman–Crippen LogP) is -0.704. The Labute approximate surface area is 193 Å². The van der Waals surface area contributed by atoms with Crippen LogP contribution in [-0.2, 0) is 23.4 Å². The molecule has 1 aromatic carbocycles. The van der Waals surface area contributed by atoms with Crippen molar-refractivity contribution in [3.8, 4) is 5.75 Å². The first-order chi connectivity index (χ1) is 16.1. The third-order valence-electron chi connectivity index (χ3n) is 4.69. The van der Waals surface area contributed by atoms with Crippen molar-refractivity contribution in [2.45, 2.75) is 44.4 Å². The number of carbonyl (C=O) groups excluding carboxylic acids is 1. The molecule has 4 N–H and O–H groups in total. The van der Waals surface area contributed by atoms with E-state index in [1.165, 1.54) is 19.1 Å². The van der Waals surface area contributed by atoms with Gasteiger partial charge in [0.15, 0.2) is 6.23 Å². The molecule has 0 saturated carbocycles. The Kier molecular flexibility index (Phi) is 8.36. The van der Waals surface area contributed by atoms with E-state index in [4.69, 9.17) is 18.5 Å². The fraction of sp³-hybridized carbons (Fsp3) is 0.474. The van der Waals surface area contributed by atoms with Gasteiger partial charge in [-0.3, -0.25) is 19.1 Å². The van der Waals surface area contributed by atoms with E-state index in [0.29, 0.717) is 4.68 Å². The summed E-state index contributed by atoms with van der Waals surface area (Å²) in [6.45, 7) is 2.55. The number of hydrogen-bond acceptors (Lipinski definition) is 11. The largest absolute Gasteiger partial charge is 0.465 e. The van der Waals surface area contributed by atoms with Crippen LogP contribution in [0.4, 0.5) is 0 Å². The van der Waals surface area contributed by atoms with Gasteiger partial charge in [0.25, 0.3) is 5.56 Å². The Hall–Kier alpha value is -2.87. The van der Waals surface area contributed by atoms with E-state index in [9.17, 15) is 29.2 Å². The number of carbonyl (C=O) groups is 1. The van der Waals surface area contributed by atoms with Gasteiger partial charge in [0.1, 0.15) is 36.3 Å². The minimum Gasteiger partial charge on any atom is -0.465 e. The lowest BCUT2D eigenvalue weighted by molar-refractivity contribution is -0.144. The zero-order valence-electron chi connectivity index (χ0n) is 18.3. The zero-order valence-corrected chi connectivity index (χ0v) is 19.2. The molecule has 2 unspecified atom stereocenters. The van der Waals surface area contributed by atoms with Crippen LogP contribution in [0.25, 0.3) is 0 Å². The Bertz CT molecular complexity index is 1140. The average molecular weight is 500 g/mol. The van der Waals surface area contributed by atoms with Gasteiger partial charge in [0, 0.05) is 0 Å². The molecule has 0 bridgehead atoms. The Morgan fingerprint density at radius 3 is 2.65 bits per heavy atom. The summed E-state index contributed by atoms with van der Waals surface area (Å²) in [5, 5.41) is 26.7. The van der Waals surface area contributed by atoms with Gasteiger partial charge in [-0.15, -0.1) is 0 Å². The summed E-state index contributed by atoms with van der Waals surface area (Å²) < 4.78 is 35.3. The van der Waals surface area contributed by atoms with Crippen LogP contribution in [-0.4, -0.2) is 68.5 Å². The van der Waals surface area contributed by atoms with Crippen LogP contribution in [0.2, 0.25) is 0 Å². The predicted molar refractivity (Wildman–Crippen MR) is 115 cm³/mol. The molecule has 2 aromatic rings. The topological polar surface area (TPSA) is 191 Å². The summed E-state index contributed by atoms with van der Waals surface area (Å²) in [6, 6.07) is 6.93. The van der Waals surface area contributed by atoms with Gasteiger partial charge in [-0.05, 0) is 26.0 Å². The minimum atomic E-state index is -4.24. The molecular weight excluding hydrogens is 475 g/mol. The van der Waals surface area contributed by atoms with Crippen molar-refractivity contribution in [2.75, 3.05) is 13.2 Å². The van der Waals surface area contributed by atoms with Crippen LogP contribution in [0.1, 0.15) is 20.1 Å². The lowest BCUT2D eigenvalue weighted by atomic mass is 10.1. The molecule has 2 heterocycles. The molecule has 1 aliphatic heterocycles. The number of rotatable bonds is 10. The Balaban J connectivity index is 1.75. The third kappa shape index (κ3) is 6.17. The Morgan fingerprint density at radius 1 is 1.29 bits per heavy atom. The molecule has 15 heteroatoms. The van der Waals surface area contributed by atoms with Crippen LogP contribution in [0.3, 0.4) is 0 Å². The number of aliphatic hydroxyl groups excluding tert-OH is 2. The number of aliphatic hydroxyl groups is 2. The number of nitrogens with one attached hydrogen (secondary N) is 2. The first-order valence-electron chi connectivity index (χ1n) is 10.3. The van der Waals surface area contributed by atoms with E-state index in [0.717, 1.165) is 6.20 Å². The molecule has 0 amide bonds. The highest BCUT2D eigenvalue weighted by Crippen LogP contribution is 2.45. The molecule has 186 valence electrons. The molecule has 34 heavy (non-hydrogen) atoms. The number of nitrogens with zero attached hydrogens (tertiary/aromatic N) is 2. The summed E-state index contributed by atoms with van der Waals surface area (Å²) >= 11 is 0. The van der Waals surface area contributed by atoms with E-state index in [1.54, 1.807) is 25.1 Å². The minimum absolute atomic E-state index is 0.106. The second-order valence-corrected chi connectivity index (χ2v) is 8.92. The van der Waals surface area contributed by atoms with Crippen LogP contribution in [0.5, 0.6) is 5.75 Å². The fourth-order valence-electron chi connectivity index (χ4n) is 3.05. The SMILES string of the molecule is CCOC(=O)[C@H](C)NP(=O)(OC[C@H]1O[C@@H](n2ncc(=O)[nH]c2=O)[C@@H](O)C1O)Oc1ccccc1. The lowest BCUT2D eigenvalue weighted by Crippen LogP contribution is -2.39. The number of hydrogen-bond donors (Lipinski definition) is 4. The van der Waals surface area contributed by atoms with E-state index in [1.807, 2.05) is 4.98 Å². The van der Waals surface area contributed by atoms with Crippen molar-refractivity contribution in [2.24, 2.45) is 0 Å². The van der Waals surface area contributed by atoms with Gasteiger partial charge in [-0.25, -0.2) is 9.36 Å². The van der Waals surface area contributed by atoms with Crippen LogP contribution < -0.4 is 20.9 Å². The van der Waals surface area contributed by atoms with Gasteiger partial charge in [-0.1, -0.05) is 18.2 Å². The zero-order chi connectivity index (χ0) is 24.9. The normalized spacial score (nSPS) is 24.8. The molecule has 6 atom stereocenters. The van der Waals surface area contributed by atoms with Crippen LogP contribution in [0.15, 0.2) is 46.1 Å². The van der Waals surface area contributed by atoms with E-state index in [2.05, 4.69) is 10.2 Å². The first-order valence-corrected chi connectivity index (χ1v) is 11.8. The molecule has 14 nitrogen and oxygen atoms in total. The van der Waals surface area contributed by atoms with E-state index in [-0.39, 0.29) is 12.4 Å². The number of aromatic nitrogens is 3. The monoisotopic (exact) mass is 500 g/mol. The molecule has 0 radical (unpaired) electrons. The van der Waals surface area contributed by atoms with E-state index >= 15 is 0 Å². The highest BCUT2D eigenvalue weighted by Gasteiger charge is 2.46. The molecule has 1 aromatic heterocycles. The van der Waals surface area contributed by atoms with Gasteiger partial charge < -0.3 is 24.2 Å². The molecule has 0 spiro atoms. The summed E-state index contributed by atoms with van der Waals surface area (Å²) in [5.41, 5.74) is -1.72. The van der Waals surface area contributed by atoms with Crippen LogP contribution >= 0.6 is 7.75 Å². The van der Waals surface area contributed by atoms with E-state index < -0.39 is 62.2 Å². The van der Waals surface area contributed by atoms with Crippen molar-refractivity contribution >= 4 is 13.7 Å². The van der Waals surface area contributed by atoms with Gasteiger partial charge in [0.2, 0.25) is 0 Å². The fourth-order valence-corrected chi connectivity index (χ4v) is 4.55. The van der Waals surface area contributed by atoms with Crippen LogP contribution in [0, 0.1) is 0 Å². The van der Waals surface area contributed by atoms with Crippen molar-refractivity contribution in [1.29, 1.82) is 0 Å². The highest BCUT2D eigenvalue weighted by molar-refractivity contribution is 7.52. The average Bonchev–Trinajstić information content (AvgIpc) is 3.07. The maximum absolute atomic E-state index is 13.4. The smallest absolute Gasteiger partial charge is 0.459 e. The lowest BCUT2D eigenvalue weighted by Gasteiger charge is -2.24. The number of ether oxygens (including phenoxy) is 2. The number of esters is 1. The molecular formula is C19H25N4O10P. The maximum Gasteiger partial charge on any atom is 0.459 e. The second-order valence-electron chi connectivity index (χ2n) is 7.23. The number of aromatic amines is 1. The van der Waals surface area contributed by atoms with Gasteiger partial charge in [0.05, 0.1) is 13.2 Å². The summed E-state index contributed by atoms with van der Waals surface area (Å²) in [5.74, 6) is -0.525. The standard InChI is InChI=1S/C19H25N4O10P/c1-3-30-18(27)11(2)22-34(29,33-12-7-5-4-6-8-12)31-10-13-15(25)16(26)17(32-13)23-19(28)21-14(24)9-20-23/h4-9,11,13,15-17,25-26H,3,10H2,1-2H3,(H,22,29)(H,21,24,28)/t11-,13+,15?,16-,17+,34?/m0/s1. The summed E-state index contributed by atoms with van der Waals surface area (Å²) in [7, 11) is -4.24. The first kappa shape index (κ1) is 25.7. The van der Waals surface area contributed by atoms with Gasteiger partial charge in [-0.2, -0.15) is 14.9 Å². The Morgan fingerprint density at radius 2 is 2.00 bits per heavy atom. The second kappa shape index (κ2) is 11.0. The van der Waals surface area contributed by atoms with Crippen molar-refractivity contribution < 1.29 is 38.1 Å². The maximum atomic E-state index is 13.4. The third-order valence-corrected chi connectivity index (χ3v) is 6.33. The van der Waals surface area contributed by atoms with Gasteiger partial charge >= 0.3 is 19.4 Å². The molecule has 1 fully saturated rings. The quantitative estimate of drug-likeness (QED) is 0.237. The van der Waals surface area contributed by atoms with Crippen molar-refractivity contribution in [3.05, 3.63) is 57.4 Å². The summed E-state index contributed by atoms with van der Waals surface area (Å²) in [6.07, 6.45) is -5.11. The molecule has 1 aliphatic rings. The number of H-pyrrole nitrogens is 1. The number of para-hydroxylation sites is 1. The summed E-state index contributed by atoms with van der Waals surface area (Å²) in [4.78, 5) is 37.2.